The highest BCUT2D eigenvalue weighted by atomic mass is 28.4. The Kier molecular flexibility index (Phi) is 8.91. The van der Waals surface area contributed by atoms with Gasteiger partial charge in [0.15, 0.2) is 0 Å². The van der Waals surface area contributed by atoms with Crippen molar-refractivity contribution in [2.24, 2.45) is 11.5 Å². The summed E-state index contributed by atoms with van der Waals surface area (Å²) in [6, 6.07) is 0.623. The van der Waals surface area contributed by atoms with Gasteiger partial charge >= 0.3 is 8.80 Å². The number of nitrogens with two attached hydrogens (primary N) is 2. The highest BCUT2D eigenvalue weighted by Crippen LogP contribution is 2.20. The third kappa shape index (κ3) is 8.22. The highest BCUT2D eigenvalue weighted by Gasteiger charge is 2.40. The van der Waals surface area contributed by atoms with Gasteiger partial charge in [0.05, 0.1) is 19.4 Å². The molecule has 0 aromatic carbocycles. The molecule has 0 spiro atoms. The molecular formula is C13H30N2O5Si. The molecule has 2 unspecified atom stereocenters. The summed E-state index contributed by atoms with van der Waals surface area (Å²) in [5.41, 5.74) is 11.2. The van der Waals surface area contributed by atoms with Crippen LogP contribution in [-0.2, 0) is 22.8 Å². The van der Waals surface area contributed by atoms with E-state index in [9.17, 15) is 0 Å². The zero-order chi connectivity index (χ0) is 15.7. The fraction of sp³-hybridized carbons (Fsp3) is 1.00. The number of hydrogen-bond acceptors (Lipinski definition) is 7. The van der Waals surface area contributed by atoms with Crippen LogP contribution in [-0.4, -0.2) is 61.2 Å². The van der Waals surface area contributed by atoms with Crippen LogP contribution in [0.15, 0.2) is 0 Å². The van der Waals surface area contributed by atoms with Gasteiger partial charge in [-0.3, -0.25) is 0 Å². The van der Waals surface area contributed by atoms with E-state index in [1.807, 2.05) is 6.92 Å². The maximum atomic E-state index is 6.03. The summed E-state index contributed by atoms with van der Waals surface area (Å²) in [6.07, 6.45) is 2.43. The number of hydrogen-bond donors (Lipinski definition) is 2. The van der Waals surface area contributed by atoms with E-state index >= 15 is 0 Å². The number of ether oxygens (including phenoxy) is 2. The average Bonchev–Trinajstić information content (AvgIpc) is 3.27. The first-order valence-corrected chi connectivity index (χ1v) is 9.43. The maximum absolute atomic E-state index is 6.03. The van der Waals surface area contributed by atoms with E-state index in [0.29, 0.717) is 25.2 Å². The molecule has 1 rings (SSSR count). The predicted molar refractivity (Wildman–Crippen MR) is 81.7 cm³/mol. The first kappa shape index (κ1) is 19.0. The molecule has 126 valence electrons. The molecule has 7 nitrogen and oxygen atoms in total. The molecule has 21 heavy (non-hydrogen) atoms. The summed E-state index contributed by atoms with van der Waals surface area (Å²) in [4.78, 5) is 0. The summed E-state index contributed by atoms with van der Waals surface area (Å²) < 4.78 is 27.6. The topological polar surface area (TPSA) is 101 Å². The van der Waals surface area contributed by atoms with Crippen LogP contribution in [0, 0.1) is 0 Å². The minimum atomic E-state index is -2.67. The first-order chi connectivity index (χ1) is 10.0. The molecule has 0 aromatic heterocycles. The maximum Gasteiger partial charge on any atom is 0.500 e. The summed E-state index contributed by atoms with van der Waals surface area (Å²) in [7, 11) is 0.562. The molecule has 2 atom stereocenters. The summed E-state index contributed by atoms with van der Waals surface area (Å²) in [6.45, 7) is 4.26. The normalized spacial score (nSPS) is 20.0. The van der Waals surface area contributed by atoms with E-state index < -0.39 is 8.80 Å². The Morgan fingerprint density at radius 1 is 1.24 bits per heavy atom. The lowest BCUT2D eigenvalue weighted by Gasteiger charge is -2.30. The van der Waals surface area contributed by atoms with Crippen LogP contribution in [0.4, 0.5) is 0 Å². The Bertz CT molecular complexity index is 275. The SMILES string of the molecule is CO[Si](CCC(N)N)(OC)OC(C)CCCOCC1CO1. The van der Waals surface area contributed by atoms with Crippen molar-refractivity contribution in [1.29, 1.82) is 0 Å². The van der Waals surface area contributed by atoms with Gasteiger partial charge in [0.1, 0.15) is 6.10 Å². The second-order valence-electron chi connectivity index (χ2n) is 5.39. The van der Waals surface area contributed by atoms with Crippen molar-refractivity contribution in [2.75, 3.05) is 34.0 Å². The van der Waals surface area contributed by atoms with Gasteiger partial charge in [-0.25, -0.2) is 0 Å². The lowest BCUT2D eigenvalue weighted by Crippen LogP contribution is -2.48. The molecule has 1 fully saturated rings. The van der Waals surface area contributed by atoms with E-state index in [4.69, 9.17) is 34.2 Å². The minimum absolute atomic E-state index is 0.0475. The largest absolute Gasteiger partial charge is 0.500 e. The first-order valence-electron chi connectivity index (χ1n) is 7.50. The van der Waals surface area contributed by atoms with Crippen LogP contribution >= 0.6 is 0 Å². The Balaban J connectivity index is 2.20. The third-order valence-corrected chi connectivity index (χ3v) is 6.30. The molecule has 1 heterocycles. The van der Waals surface area contributed by atoms with E-state index in [-0.39, 0.29) is 12.3 Å². The lowest BCUT2D eigenvalue weighted by molar-refractivity contribution is 0.0497. The van der Waals surface area contributed by atoms with Gasteiger partial charge < -0.3 is 34.2 Å². The van der Waals surface area contributed by atoms with Gasteiger partial charge in [0, 0.05) is 33.0 Å². The second-order valence-corrected chi connectivity index (χ2v) is 8.31. The number of epoxide rings is 1. The molecule has 1 aliphatic heterocycles. The highest BCUT2D eigenvalue weighted by molar-refractivity contribution is 6.60. The fourth-order valence-corrected chi connectivity index (χ4v) is 4.31. The van der Waals surface area contributed by atoms with Crippen LogP contribution in [0.2, 0.25) is 6.04 Å². The summed E-state index contributed by atoms with van der Waals surface area (Å²) in [5, 5.41) is 0. The summed E-state index contributed by atoms with van der Waals surface area (Å²) in [5.74, 6) is 0. The standard InChI is InChI=1S/C13H30N2O5Si/c1-11(5-4-7-18-9-12-10-19-12)20-21(16-2,17-3)8-6-13(14)15/h11-13H,4-10,14-15H2,1-3H3. The average molecular weight is 322 g/mol. The molecular weight excluding hydrogens is 292 g/mol. The lowest BCUT2D eigenvalue weighted by atomic mass is 10.2. The van der Waals surface area contributed by atoms with Crippen LogP contribution in [0.5, 0.6) is 0 Å². The van der Waals surface area contributed by atoms with Gasteiger partial charge in [0.2, 0.25) is 0 Å². The Morgan fingerprint density at radius 3 is 2.43 bits per heavy atom. The van der Waals surface area contributed by atoms with E-state index in [1.165, 1.54) is 0 Å². The van der Waals surface area contributed by atoms with Gasteiger partial charge in [-0.15, -0.1) is 0 Å². The zero-order valence-electron chi connectivity index (χ0n) is 13.4. The van der Waals surface area contributed by atoms with Crippen molar-refractivity contribution >= 4 is 8.80 Å². The second kappa shape index (κ2) is 9.85. The zero-order valence-corrected chi connectivity index (χ0v) is 14.4. The van der Waals surface area contributed by atoms with Crippen molar-refractivity contribution in [3.05, 3.63) is 0 Å². The van der Waals surface area contributed by atoms with Crippen LogP contribution in [0.1, 0.15) is 26.2 Å². The van der Waals surface area contributed by atoms with Crippen molar-refractivity contribution in [1.82, 2.24) is 0 Å². The molecule has 4 N–H and O–H groups in total. The number of rotatable bonds is 13. The van der Waals surface area contributed by atoms with E-state index in [1.54, 1.807) is 14.2 Å². The summed E-state index contributed by atoms with van der Waals surface area (Å²) >= 11 is 0. The molecule has 1 aliphatic rings. The van der Waals surface area contributed by atoms with Crippen molar-refractivity contribution in [3.63, 3.8) is 0 Å². The van der Waals surface area contributed by atoms with E-state index in [2.05, 4.69) is 0 Å². The van der Waals surface area contributed by atoms with Crippen LogP contribution in [0.25, 0.3) is 0 Å². The predicted octanol–water partition coefficient (Wildman–Crippen LogP) is 0.452. The van der Waals surface area contributed by atoms with Crippen molar-refractivity contribution < 1.29 is 22.8 Å². The van der Waals surface area contributed by atoms with Crippen LogP contribution < -0.4 is 11.5 Å². The molecule has 0 radical (unpaired) electrons. The Morgan fingerprint density at radius 2 is 1.90 bits per heavy atom. The molecule has 0 bridgehead atoms. The molecule has 0 aromatic rings. The van der Waals surface area contributed by atoms with Crippen molar-refractivity contribution in [3.8, 4) is 0 Å². The van der Waals surface area contributed by atoms with Gasteiger partial charge in [-0.05, 0) is 26.2 Å². The molecule has 1 saturated heterocycles. The quantitative estimate of drug-likeness (QED) is 0.220. The minimum Gasteiger partial charge on any atom is -0.379 e. The Labute approximate surface area is 128 Å². The fourth-order valence-electron chi connectivity index (χ4n) is 2.00. The molecule has 8 heteroatoms. The van der Waals surface area contributed by atoms with E-state index in [0.717, 1.165) is 26.1 Å². The molecule has 0 amide bonds. The van der Waals surface area contributed by atoms with Gasteiger partial charge in [-0.1, -0.05) is 0 Å². The molecule has 0 saturated carbocycles. The molecule has 0 aliphatic carbocycles. The third-order valence-electron chi connectivity index (χ3n) is 3.39. The monoisotopic (exact) mass is 322 g/mol. The van der Waals surface area contributed by atoms with Gasteiger partial charge in [0.25, 0.3) is 0 Å². The van der Waals surface area contributed by atoms with Crippen LogP contribution in [0.3, 0.4) is 0 Å². The smallest absolute Gasteiger partial charge is 0.379 e. The Hall–Kier alpha value is -0.0631. The van der Waals surface area contributed by atoms with Crippen molar-refractivity contribution in [2.45, 2.75) is 50.6 Å². The van der Waals surface area contributed by atoms with Gasteiger partial charge in [-0.2, -0.15) is 0 Å².